The van der Waals surface area contributed by atoms with Crippen molar-refractivity contribution in [1.29, 1.82) is 0 Å². The molecule has 0 bridgehead atoms. The number of carbonyl (C=O) groups is 2. The second-order valence-corrected chi connectivity index (χ2v) is 6.89. The minimum atomic E-state index is -0.619. The fraction of sp³-hybridized carbons (Fsp3) is 0.222. The molecule has 9 heteroatoms. The highest BCUT2D eigenvalue weighted by molar-refractivity contribution is 6.50. The molecule has 2 aromatic rings. The van der Waals surface area contributed by atoms with Crippen molar-refractivity contribution in [2.45, 2.75) is 12.8 Å². The minimum absolute atomic E-state index is 0.0452. The first-order valence-electron chi connectivity index (χ1n) is 7.84. The third kappa shape index (κ3) is 6.78. The van der Waals surface area contributed by atoms with Crippen LogP contribution in [0.1, 0.15) is 12.8 Å². The van der Waals surface area contributed by atoms with E-state index in [0.717, 1.165) is 5.75 Å². The van der Waals surface area contributed by atoms with E-state index >= 15 is 0 Å². The van der Waals surface area contributed by atoms with Crippen molar-refractivity contribution < 1.29 is 19.1 Å². The van der Waals surface area contributed by atoms with Crippen LogP contribution in [0.5, 0.6) is 5.75 Å². The molecule has 0 unspecified atom stereocenters. The zero-order chi connectivity index (χ0) is 19.8. The normalized spacial score (nSPS) is 10.4. The molecule has 1 amide bonds. The molecule has 0 saturated carbocycles. The Morgan fingerprint density at radius 3 is 2.22 bits per heavy atom. The predicted octanol–water partition coefficient (Wildman–Crippen LogP) is 5.64. The summed E-state index contributed by atoms with van der Waals surface area (Å²) in [5.41, 5.74) is 0.0631. The second-order valence-electron chi connectivity index (χ2n) is 5.32. The number of rotatable bonds is 8. The minimum Gasteiger partial charge on any atom is -0.494 e. The highest BCUT2D eigenvalue weighted by atomic mass is 35.5. The Morgan fingerprint density at radius 2 is 1.59 bits per heavy atom. The number of ether oxygens (including phenoxy) is 2. The molecule has 0 aromatic heterocycles. The smallest absolute Gasteiger partial charge is 0.306 e. The molecule has 0 saturated heterocycles. The Bertz CT molecular complexity index is 789. The van der Waals surface area contributed by atoms with Gasteiger partial charge in [-0.05, 0) is 24.6 Å². The van der Waals surface area contributed by atoms with Gasteiger partial charge in [-0.25, -0.2) is 0 Å². The van der Waals surface area contributed by atoms with Crippen LogP contribution in [0, 0.1) is 0 Å². The molecule has 5 nitrogen and oxygen atoms in total. The summed E-state index contributed by atoms with van der Waals surface area (Å²) >= 11 is 23.8. The maximum absolute atomic E-state index is 11.9. The Kier molecular flexibility index (Phi) is 8.51. The zero-order valence-corrected chi connectivity index (χ0v) is 17.0. The number of carbonyl (C=O) groups excluding carboxylic acids is 2. The SMILES string of the molecule is O=C(COC(=O)CCCOc1ccccc1)Nc1c(Cl)c(Cl)cc(Cl)c1Cl. The van der Waals surface area contributed by atoms with Crippen molar-refractivity contribution in [3.05, 3.63) is 56.5 Å². The van der Waals surface area contributed by atoms with Crippen LogP contribution in [-0.4, -0.2) is 25.1 Å². The molecule has 0 heterocycles. The lowest BCUT2D eigenvalue weighted by Gasteiger charge is -2.12. The molecule has 144 valence electrons. The van der Waals surface area contributed by atoms with Gasteiger partial charge in [0.15, 0.2) is 6.61 Å². The third-order valence-corrected chi connectivity index (χ3v) is 4.85. The quantitative estimate of drug-likeness (QED) is 0.321. The summed E-state index contributed by atoms with van der Waals surface area (Å²) in [6.07, 6.45) is 0.571. The van der Waals surface area contributed by atoms with Crippen molar-refractivity contribution in [1.82, 2.24) is 0 Å². The fourth-order valence-electron chi connectivity index (χ4n) is 2.00. The van der Waals surface area contributed by atoms with E-state index in [0.29, 0.717) is 13.0 Å². The van der Waals surface area contributed by atoms with E-state index in [1.165, 1.54) is 6.07 Å². The molecule has 27 heavy (non-hydrogen) atoms. The lowest BCUT2D eigenvalue weighted by Crippen LogP contribution is -2.21. The number of nitrogens with one attached hydrogen (secondary N) is 1. The number of hydrogen-bond donors (Lipinski definition) is 1. The van der Waals surface area contributed by atoms with E-state index in [9.17, 15) is 9.59 Å². The van der Waals surface area contributed by atoms with Gasteiger partial charge in [0, 0.05) is 6.42 Å². The molecule has 0 spiro atoms. The average Bonchev–Trinajstić information content (AvgIpc) is 2.66. The van der Waals surface area contributed by atoms with E-state index < -0.39 is 18.5 Å². The molecule has 0 radical (unpaired) electrons. The van der Waals surface area contributed by atoms with Crippen molar-refractivity contribution >= 4 is 64.0 Å². The lowest BCUT2D eigenvalue weighted by molar-refractivity contribution is -0.147. The summed E-state index contributed by atoms with van der Waals surface area (Å²) in [5, 5.41) is 2.79. The zero-order valence-electron chi connectivity index (χ0n) is 13.9. The van der Waals surface area contributed by atoms with Crippen LogP contribution in [-0.2, 0) is 14.3 Å². The lowest BCUT2D eigenvalue weighted by atomic mass is 10.3. The number of hydrogen-bond acceptors (Lipinski definition) is 4. The van der Waals surface area contributed by atoms with Crippen LogP contribution in [0.2, 0.25) is 20.1 Å². The average molecular weight is 451 g/mol. The summed E-state index contributed by atoms with van der Waals surface area (Å²) in [6.45, 7) is -0.132. The Hall–Kier alpha value is -1.66. The summed E-state index contributed by atoms with van der Waals surface area (Å²) in [5.74, 6) is -0.423. The van der Waals surface area contributed by atoms with Crippen LogP contribution in [0.4, 0.5) is 5.69 Å². The van der Waals surface area contributed by atoms with E-state index in [-0.39, 0.29) is 32.2 Å². The van der Waals surface area contributed by atoms with Gasteiger partial charge in [-0.2, -0.15) is 0 Å². The van der Waals surface area contributed by atoms with Crippen molar-refractivity contribution in [3.63, 3.8) is 0 Å². The summed E-state index contributed by atoms with van der Waals surface area (Å²) < 4.78 is 10.4. The molecule has 0 aliphatic carbocycles. The Balaban J connectivity index is 1.73. The maximum Gasteiger partial charge on any atom is 0.306 e. The summed E-state index contributed by atoms with van der Waals surface area (Å²) in [4.78, 5) is 23.6. The van der Waals surface area contributed by atoms with E-state index in [2.05, 4.69) is 5.32 Å². The number of esters is 1. The summed E-state index contributed by atoms with van der Waals surface area (Å²) in [7, 11) is 0. The number of amides is 1. The van der Waals surface area contributed by atoms with Gasteiger partial charge in [0.1, 0.15) is 5.75 Å². The van der Waals surface area contributed by atoms with Gasteiger partial charge in [0.2, 0.25) is 0 Å². The topological polar surface area (TPSA) is 64.6 Å². The molecule has 0 aliphatic heterocycles. The molecular formula is C18H15Cl4NO4. The largest absolute Gasteiger partial charge is 0.494 e. The van der Waals surface area contributed by atoms with E-state index in [1.54, 1.807) is 0 Å². The standard InChI is InChI=1S/C18H15Cl4NO4/c19-12-9-13(20)17(22)18(16(12)21)23-14(24)10-27-15(25)7-4-8-26-11-5-2-1-3-6-11/h1-3,5-6,9H,4,7-8,10H2,(H,23,24). The monoisotopic (exact) mass is 449 g/mol. The van der Waals surface area contributed by atoms with E-state index in [4.69, 9.17) is 55.9 Å². The molecule has 0 fully saturated rings. The molecule has 0 atom stereocenters. The maximum atomic E-state index is 11.9. The molecule has 1 N–H and O–H groups in total. The van der Waals surface area contributed by atoms with Gasteiger partial charge >= 0.3 is 5.97 Å². The number of halogens is 4. The number of anilines is 1. The molecule has 2 aromatic carbocycles. The Labute approximate surface area is 176 Å². The molecular weight excluding hydrogens is 436 g/mol. The first-order valence-corrected chi connectivity index (χ1v) is 9.36. The van der Waals surface area contributed by atoms with Crippen LogP contribution >= 0.6 is 46.4 Å². The van der Waals surface area contributed by atoms with Gasteiger partial charge in [-0.15, -0.1) is 0 Å². The summed E-state index contributed by atoms with van der Waals surface area (Å²) in [6, 6.07) is 10.6. The fourth-order valence-corrected chi connectivity index (χ4v) is 2.90. The highest BCUT2D eigenvalue weighted by Gasteiger charge is 2.17. The van der Waals surface area contributed by atoms with Gasteiger partial charge in [0.25, 0.3) is 5.91 Å². The van der Waals surface area contributed by atoms with Crippen LogP contribution in [0.25, 0.3) is 0 Å². The van der Waals surface area contributed by atoms with Crippen molar-refractivity contribution in [2.24, 2.45) is 0 Å². The first kappa shape index (κ1) is 21.6. The van der Waals surface area contributed by atoms with E-state index in [1.807, 2.05) is 30.3 Å². The van der Waals surface area contributed by atoms with Crippen LogP contribution in [0.3, 0.4) is 0 Å². The third-order valence-electron chi connectivity index (χ3n) is 3.28. The van der Waals surface area contributed by atoms with Gasteiger partial charge in [0.05, 0.1) is 32.4 Å². The second kappa shape index (κ2) is 10.6. The molecule has 2 rings (SSSR count). The highest BCUT2D eigenvalue weighted by Crippen LogP contribution is 2.40. The van der Waals surface area contributed by atoms with Gasteiger partial charge in [-0.3, -0.25) is 9.59 Å². The van der Waals surface area contributed by atoms with Gasteiger partial charge < -0.3 is 14.8 Å². The van der Waals surface area contributed by atoms with Crippen LogP contribution < -0.4 is 10.1 Å². The predicted molar refractivity (Wildman–Crippen MR) is 107 cm³/mol. The Morgan fingerprint density at radius 1 is 0.963 bits per heavy atom. The van der Waals surface area contributed by atoms with Crippen molar-refractivity contribution in [3.8, 4) is 5.75 Å². The van der Waals surface area contributed by atoms with Crippen LogP contribution in [0.15, 0.2) is 36.4 Å². The van der Waals surface area contributed by atoms with Crippen molar-refractivity contribution in [2.75, 3.05) is 18.5 Å². The number of benzene rings is 2. The van der Waals surface area contributed by atoms with Gasteiger partial charge in [-0.1, -0.05) is 64.6 Å². The first-order chi connectivity index (χ1) is 12.9. The number of para-hydroxylation sites is 1. The molecule has 0 aliphatic rings.